The van der Waals surface area contributed by atoms with E-state index in [2.05, 4.69) is 5.32 Å². The molecule has 7 heteroatoms. The van der Waals surface area contributed by atoms with Gasteiger partial charge < -0.3 is 15.8 Å². The fourth-order valence-corrected chi connectivity index (χ4v) is 4.52. The summed E-state index contributed by atoms with van der Waals surface area (Å²) in [7, 11) is 0. The third-order valence-electron chi connectivity index (χ3n) is 4.51. The SMILES string of the molecule is CCOc1ccc(C=C(C#N)C(=O)Nc2sc3c(c2C(N)=O)CCCC3)cc1. The van der Waals surface area contributed by atoms with Crippen LogP contribution in [0.5, 0.6) is 5.75 Å². The largest absolute Gasteiger partial charge is 0.494 e. The fraction of sp³-hybridized carbons (Fsp3) is 0.286. The van der Waals surface area contributed by atoms with Crippen LogP contribution in [0.1, 0.15) is 46.1 Å². The van der Waals surface area contributed by atoms with Crippen molar-refractivity contribution in [3.63, 3.8) is 0 Å². The predicted molar refractivity (Wildman–Crippen MR) is 109 cm³/mol. The lowest BCUT2D eigenvalue weighted by Gasteiger charge is -2.11. The Morgan fingerprint density at radius 2 is 2.00 bits per heavy atom. The maximum absolute atomic E-state index is 12.6. The molecule has 2 aromatic rings. The predicted octanol–water partition coefficient (Wildman–Crippen LogP) is 3.67. The first-order chi connectivity index (χ1) is 13.5. The number of nitrogens with one attached hydrogen (secondary N) is 1. The number of ether oxygens (including phenoxy) is 1. The van der Waals surface area contributed by atoms with Crippen molar-refractivity contribution < 1.29 is 14.3 Å². The van der Waals surface area contributed by atoms with Crippen LogP contribution in [-0.2, 0) is 17.6 Å². The molecule has 28 heavy (non-hydrogen) atoms. The van der Waals surface area contributed by atoms with Gasteiger partial charge in [-0.2, -0.15) is 5.26 Å². The molecule has 144 valence electrons. The van der Waals surface area contributed by atoms with Gasteiger partial charge in [-0.15, -0.1) is 11.3 Å². The second-order valence-corrected chi connectivity index (χ2v) is 7.51. The third kappa shape index (κ3) is 4.24. The molecule has 0 saturated heterocycles. The number of thiophene rings is 1. The van der Waals surface area contributed by atoms with E-state index in [0.29, 0.717) is 22.7 Å². The Bertz CT molecular complexity index is 968. The summed E-state index contributed by atoms with van der Waals surface area (Å²) in [6.45, 7) is 2.46. The molecule has 0 radical (unpaired) electrons. The highest BCUT2D eigenvalue weighted by atomic mass is 32.1. The topological polar surface area (TPSA) is 105 Å². The number of hydrogen-bond donors (Lipinski definition) is 2. The summed E-state index contributed by atoms with van der Waals surface area (Å²) in [6, 6.07) is 9.03. The molecule has 0 atom stereocenters. The average Bonchev–Trinajstić information content (AvgIpc) is 3.05. The minimum absolute atomic E-state index is 0.0500. The average molecular weight is 395 g/mol. The second-order valence-electron chi connectivity index (χ2n) is 6.41. The van der Waals surface area contributed by atoms with Crippen molar-refractivity contribution in [3.8, 4) is 11.8 Å². The smallest absolute Gasteiger partial charge is 0.266 e. The van der Waals surface area contributed by atoms with Crippen molar-refractivity contribution >= 4 is 34.2 Å². The van der Waals surface area contributed by atoms with Crippen LogP contribution in [0.2, 0.25) is 0 Å². The Kier molecular flexibility index (Phi) is 6.12. The Balaban J connectivity index is 1.84. The van der Waals surface area contributed by atoms with Gasteiger partial charge in [-0.3, -0.25) is 9.59 Å². The molecule has 1 aliphatic carbocycles. The number of primary amides is 1. The monoisotopic (exact) mass is 395 g/mol. The van der Waals surface area contributed by atoms with E-state index in [0.717, 1.165) is 41.9 Å². The summed E-state index contributed by atoms with van der Waals surface area (Å²) < 4.78 is 5.39. The van der Waals surface area contributed by atoms with Gasteiger partial charge in [-0.1, -0.05) is 12.1 Å². The lowest BCUT2D eigenvalue weighted by atomic mass is 9.95. The van der Waals surface area contributed by atoms with Crippen molar-refractivity contribution in [1.82, 2.24) is 0 Å². The summed E-state index contributed by atoms with van der Waals surface area (Å²) in [6.07, 6.45) is 5.22. The Morgan fingerprint density at radius 1 is 1.29 bits per heavy atom. The zero-order valence-electron chi connectivity index (χ0n) is 15.6. The Hall–Kier alpha value is -3.11. The number of anilines is 1. The quantitative estimate of drug-likeness (QED) is 0.575. The number of nitrogens with two attached hydrogens (primary N) is 1. The van der Waals surface area contributed by atoms with Gasteiger partial charge >= 0.3 is 0 Å². The number of aryl methyl sites for hydroxylation is 1. The number of benzene rings is 1. The minimum Gasteiger partial charge on any atom is -0.494 e. The minimum atomic E-state index is -0.558. The molecule has 0 unspecified atom stereocenters. The second kappa shape index (κ2) is 8.72. The maximum Gasteiger partial charge on any atom is 0.266 e. The van der Waals surface area contributed by atoms with Crippen LogP contribution in [0.25, 0.3) is 6.08 Å². The van der Waals surface area contributed by atoms with Crippen molar-refractivity contribution in [1.29, 1.82) is 5.26 Å². The number of carbonyl (C=O) groups is 2. The van der Waals surface area contributed by atoms with E-state index in [9.17, 15) is 14.9 Å². The summed E-state index contributed by atoms with van der Waals surface area (Å²) in [5, 5.41) is 12.6. The number of fused-ring (bicyclic) bond motifs is 1. The zero-order valence-corrected chi connectivity index (χ0v) is 16.4. The Labute approximate surface area is 167 Å². The van der Waals surface area contributed by atoms with E-state index in [4.69, 9.17) is 10.5 Å². The molecule has 6 nitrogen and oxygen atoms in total. The van der Waals surface area contributed by atoms with Crippen molar-refractivity contribution in [3.05, 3.63) is 51.4 Å². The van der Waals surface area contributed by atoms with Gasteiger partial charge in [0.15, 0.2) is 0 Å². The molecule has 0 fully saturated rings. The molecule has 1 heterocycles. The molecule has 1 aliphatic rings. The van der Waals surface area contributed by atoms with Crippen LogP contribution in [0.3, 0.4) is 0 Å². The molecule has 0 bridgehead atoms. The van der Waals surface area contributed by atoms with Crippen LogP contribution in [0, 0.1) is 11.3 Å². The van der Waals surface area contributed by atoms with Crippen LogP contribution in [0.15, 0.2) is 29.8 Å². The van der Waals surface area contributed by atoms with Gasteiger partial charge in [0.2, 0.25) is 0 Å². The summed E-state index contributed by atoms with van der Waals surface area (Å²) in [4.78, 5) is 25.7. The van der Waals surface area contributed by atoms with Crippen LogP contribution >= 0.6 is 11.3 Å². The van der Waals surface area contributed by atoms with Gasteiger partial charge in [-0.25, -0.2) is 0 Å². The first kappa shape index (κ1) is 19.6. The Morgan fingerprint density at radius 3 is 2.64 bits per heavy atom. The lowest BCUT2D eigenvalue weighted by Crippen LogP contribution is -2.19. The zero-order chi connectivity index (χ0) is 20.1. The van der Waals surface area contributed by atoms with E-state index < -0.39 is 11.8 Å². The number of amides is 2. The molecule has 1 aromatic heterocycles. The molecule has 0 saturated carbocycles. The normalized spacial score (nSPS) is 13.4. The molecule has 0 spiro atoms. The van der Waals surface area contributed by atoms with Gasteiger partial charge in [0.1, 0.15) is 22.4 Å². The molecular weight excluding hydrogens is 374 g/mol. The van der Waals surface area contributed by atoms with Crippen molar-refractivity contribution in [2.75, 3.05) is 11.9 Å². The van der Waals surface area contributed by atoms with Gasteiger partial charge in [0, 0.05) is 4.88 Å². The number of nitriles is 1. The molecular formula is C21H21N3O3S. The van der Waals surface area contributed by atoms with Crippen LogP contribution in [-0.4, -0.2) is 18.4 Å². The number of nitrogens with zero attached hydrogens (tertiary/aromatic N) is 1. The fourth-order valence-electron chi connectivity index (χ4n) is 3.23. The highest BCUT2D eigenvalue weighted by Crippen LogP contribution is 2.38. The molecule has 3 rings (SSSR count). The highest BCUT2D eigenvalue weighted by molar-refractivity contribution is 7.17. The van der Waals surface area contributed by atoms with E-state index in [1.165, 1.54) is 17.4 Å². The van der Waals surface area contributed by atoms with Crippen LogP contribution in [0.4, 0.5) is 5.00 Å². The molecule has 2 amide bonds. The van der Waals surface area contributed by atoms with Crippen molar-refractivity contribution in [2.24, 2.45) is 5.73 Å². The highest BCUT2D eigenvalue weighted by Gasteiger charge is 2.25. The number of hydrogen-bond acceptors (Lipinski definition) is 5. The van der Waals surface area contributed by atoms with Gasteiger partial charge in [0.25, 0.3) is 11.8 Å². The van der Waals surface area contributed by atoms with E-state index >= 15 is 0 Å². The first-order valence-corrected chi connectivity index (χ1v) is 9.95. The van der Waals surface area contributed by atoms with Crippen LogP contribution < -0.4 is 15.8 Å². The maximum atomic E-state index is 12.6. The van der Waals surface area contributed by atoms with E-state index in [1.807, 2.05) is 13.0 Å². The number of carbonyl (C=O) groups excluding carboxylic acids is 2. The number of rotatable bonds is 6. The molecule has 0 aliphatic heterocycles. The summed E-state index contributed by atoms with van der Waals surface area (Å²) in [5.74, 6) is -0.390. The molecule has 3 N–H and O–H groups in total. The standard InChI is InChI=1S/C21H21N3O3S/c1-2-27-15-9-7-13(8-10-15)11-14(12-22)20(26)24-21-18(19(23)25)16-5-3-4-6-17(16)28-21/h7-11H,2-6H2,1H3,(H2,23,25)(H,24,26). The van der Waals surface area contributed by atoms with E-state index in [-0.39, 0.29) is 5.57 Å². The van der Waals surface area contributed by atoms with Gasteiger partial charge in [-0.05, 0) is 61.9 Å². The molecule has 1 aromatic carbocycles. The van der Waals surface area contributed by atoms with E-state index in [1.54, 1.807) is 24.3 Å². The third-order valence-corrected chi connectivity index (χ3v) is 5.72. The first-order valence-electron chi connectivity index (χ1n) is 9.13. The lowest BCUT2D eigenvalue weighted by molar-refractivity contribution is -0.112. The summed E-state index contributed by atoms with van der Waals surface area (Å²) in [5.41, 5.74) is 7.53. The summed E-state index contributed by atoms with van der Waals surface area (Å²) >= 11 is 1.37. The van der Waals surface area contributed by atoms with Crippen molar-refractivity contribution in [2.45, 2.75) is 32.6 Å². The van der Waals surface area contributed by atoms with Gasteiger partial charge in [0.05, 0.1) is 12.2 Å².